The fourth-order valence-electron chi connectivity index (χ4n) is 3.38. The first-order valence-electron chi connectivity index (χ1n) is 11.1. The number of nitrogen functional groups attached to an aromatic ring is 2. The molecule has 33 heavy (non-hydrogen) atoms. The number of ether oxygens (including phenoxy) is 4. The molecular weight excluding hydrogens is 420 g/mol. The normalized spacial score (nSPS) is 10.8. The van der Waals surface area contributed by atoms with Gasteiger partial charge in [0.25, 0.3) is 0 Å². The zero-order valence-corrected chi connectivity index (χ0v) is 19.5. The monoisotopic (exact) mass is 452 g/mol. The Balaban J connectivity index is 2.02. The van der Waals surface area contributed by atoms with Crippen molar-refractivity contribution in [2.75, 3.05) is 38.6 Å². The Bertz CT molecular complexity index is 1040. The first-order valence-corrected chi connectivity index (χ1v) is 11.1. The van der Waals surface area contributed by atoms with Crippen molar-refractivity contribution >= 4 is 11.8 Å². The summed E-state index contributed by atoms with van der Waals surface area (Å²) in [5, 5.41) is 0. The molecule has 0 aliphatic rings. The van der Waals surface area contributed by atoms with Gasteiger partial charge in [-0.25, -0.2) is 4.98 Å². The Morgan fingerprint density at radius 1 is 0.939 bits per heavy atom. The van der Waals surface area contributed by atoms with Crippen LogP contribution in [0.15, 0.2) is 42.6 Å². The van der Waals surface area contributed by atoms with Crippen molar-refractivity contribution in [2.24, 2.45) is 0 Å². The highest BCUT2D eigenvalue weighted by atomic mass is 16.7. The maximum Gasteiger partial charge on any atom is 0.221 e. The molecule has 3 aromatic rings. The summed E-state index contributed by atoms with van der Waals surface area (Å²) in [4.78, 5) is 8.14. The van der Waals surface area contributed by atoms with Gasteiger partial charge in [0, 0.05) is 25.3 Å². The molecule has 0 aliphatic heterocycles. The van der Waals surface area contributed by atoms with Crippen LogP contribution in [0.3, 0.4) is 0 Å². The number of nitrogens with zero attached hydrogens (tertiary/aromatic N) is 2. The molecule has 2 aromatic carbocycles. The molecule has 4 N–H and O–H groups in total. The fourth-order valence-corrected chi connectivity index (χ4v) is 3.38. The Hall–Kier alpha value is -3.52. The van der Waals surface area contributed by atoms with Gasteiger partial charge < -0.3 is 30.4 Å². The first kappa shape index (κ1) is 24.1. The molecule has 8 nitrogen and oxygen atoms in total. The first-order chi connectivity index (χ1) is 16.0. The third kappa shape index (κ3) is 6.49. The van der Waals surface area contributed by atoms with Gasteiger partial charge in [-0.3, -0.25) is 0 Å². The van der Waals surface area contributed by atoms with Gasteiger partial charge in [-0.05, 0) is 48.7 Å². The molecule has 0 radical (unpaired) electrons. The van der Waals surface area contributed by atoms with Gasteiger partial charge in [0.1, 0.15) is 23.1 Å². The lowest BCUT2D eigenvalue weighted by Crippen LogP contribution is -2.06. The van der Waals surface area contributed by atoms with E-state index in [2.05, 4.69) is 16.9 Å². The van der Waals surface area contributed by atoms with Crippen LogP contribution in [0, 0.1) is 0 Å². The molecule has 0 atom stereocenters. The van der Waals surface area contributed by atoms with E-state index >= 15 is 0 Å². The van der Waals surface area contributed by atoms with E-state index < -0.39 is 0 Å². The number of hydrogen-bond donors (Lipinski definition) is 2. The van der Waals surface area contributed by atoms with Crippen molar-refractivity contribution < 1.29 is 18.9 Å². The summed E-state index contributed by atoms with van der Waals surface area (Å²) in [7, 11) is 1.59. The molecule has 0 saturated heterocycles. The summed E-state index contributed by atoms with van der Waals surface area (Å²) in [5.41, 5.74) is 15.3. The summed E-state index contributed by atoms with van der Waals surface area (Å²) in [6, 6.07) is 11.8. The molecule has 1 heterocycles. The zero-order valence-electron chi connectivity index (χ0n) is 19.5. The molecule has 8 heteroatoms. The lowest BCUT2D eigenvalue weighted by molar-refractivity contribution is 0.0511. The van der Waals surface area contributed by atoms with Gasteiger partial charge in [-0.2, -0.15) is 4.98 Å². The van der Waals surface area contributed by atoms with Gasteiger partial charge in [0.05, 0.1) is 18.8 Å². The Morgan fingerprint density at radius 2 is 1.67 bits per heavy atom. The summed E-state index contributed by atoms with van der Waals surface area (Å²) in [5.74, 6) is 2.74. The van der Waals surface area contributed by atoms with E-state index in [1.165, 1.54) is 0 Å². The molecule has 0 fully saturated rings. The number of methoxy groups -OCH3 is 1. The van der Waals surface area contributed by atoms with Crippen LogP contribution in [-0.4, -0.2) is 37.1 Å². The largest absolute Gasteiger partial charge is 0.493 e. The molecule has 3 rings (SSSR count). The Labute approximate surface area is 194 Å². The van der Waals surface area contributed by atoms with Gasteiger partial charge in [-0.1, -0.05) is 25.5 Å². The number of benzene rings is 2. The van der Waals surface area contributed by atoms with Crippen LogP contribution in [0.2, 0.25) is 0 Å². The van der Waals surface area contributed by atoms with Crippen molar-refractivity contribution in [1.82, 2.24) is 9.97 Å². The topological polar surface area (TPSA) is 115 Å². The Kier molecular flexibility index (Phi) is 8.71. The third-order valence-corrected chi connectivity index (χ3v) is 4.98. The smallest absolute Gasteiger partial charge is 0.221 e. The molecule has 0 unspecified atom stereocenters. The number of unbranched alkanes of at least 4 members (excludes halogenated alkanes) is 1. The van der Waals surface area contributed by atoms with E-state index in [4.69, 9.17) is 30.4 Å². The SMILES string of the molecule is CCCCOc1cc(Cc2cnc(N)nc2N)cc(OCC)c1-c1ccc(OCOC)cc1. The zero-order chi connectivity index (χ0) is 23.6. The number of anilines is 2. The lowest BCUT2D eigenvalue weighted by Gasteiger charge is -2.19. The van der Waals surface area contributed by atoms with Crippen molar-refractivity contribution in [3.05, 3.63) is 53.7 Å². The van der Waals surface area contributed by atoms with Crippen LogP contribution in [0.1, 0.15) is 37.8 Å². The van der Waals surface area contributed by atoms with Crippen LogP contribution in [-0.2, 0) is 11.2 Å². The van der Waals surface area contributed by atoms with E-state index in [1.807, 2.05) is 43.3 Å². The molecule has 0 saturated carbocycles. The highest BCUT2D eigenvalue weighted by Crippen LogP contribution is 2.41. The highest BCUT2D eigenvalue weighted by molar-refractivity contribution is 5.78. The second-order valence-electron chi connectivity index (χ2n) is 7.49. The number of rotatable bonds is 12. The van der Waals surface area contributed by atoms with E-state index in [1.54, 1.807) is 13.3 Å². The van der Waals surface area contributed by atoms with Crippen molar-refractivity contribution in [3.63, 3.8) is 0 Å². The third-order valence-electron chi connectivity index (χ3n) is 4.98. The van der Waals surface area contributed by atoms with E-state index in [0.717, 1.165) is 52.3 Å². The molecule has 0 spiro atoms. The van der Waals surface area contributed by atoms with Crippen molar-refractivity contribution in [2.45, 2.75) is 33.1 Å². The Morgan fingerprint density at radius 3 is 2.30 bits per heavy atom. The minimum atomic E-state index is 0.156. The van der Waals surface area contributed by atoms with Gasteiger partial charge in [0.15, 0.2) is 6.79 Å². The fraction of sp³-hybridized carbons (Fsp3) is 0.360. The van der Waals surface area contributed by atoms with Crippen LogP contribution in [0.4, 0.5) is 11.8 Å². The standard InChI is InChI=1S/C25H32N4O4/c1-4-6-11-32-22-14-17(12-19-15-28-25(27)29-24(19)26)13-21(31-5-2)23(22)18-7-9-20(10-8-18)33-16-30-3/h7-10,13-15H,4-6,11-12,16H2,1-3H3,(H4,26,27,28,29). The maximum absolute atomic E-state index is 6.23. The van der Waals surface area contributed by atoms with Crippen LogP contribution in [0.25, 0.3) is 11.1 Å². The summed E-state index contributed by atoms with van der Waals surface area (Å²) >= 11 is 0. The van der Waals surface area contributed by atoms with Gasteiger partial charge in [0.2, 0.25) is 5.95 Å². The van der Waals surface area contributed by atoms with Crippen molar-refractivity contribution in [3.8, 4) is 28.4 Å². The average Bonchev–Trinajstić information content (AvgIpc) is 2.80. The van der Waals surface area contributed by atoms with Crippen molar-refractivity contribution in [1.29, 1.82) is 0 Å². The molecule has 0 aliphatic carbocycles. The average molecular weight is 453 g/mol. The maximum atomic E-state index is 6.23. The number of hydrogen-bond acceptors (Lipinski definition) is 8. The predicted octanol–water partition coefficient (Wildman–Crippen LogP) is 4.46. The van der Waals surface area contributed by atoms with Crippen LogP contribution in [0.5, 0.6) is 17.2 Å². The minimum absolute atomic E-state index is 0.156. The molecule has 0 amide bonds. The van der Waals surface area contributed by atoms with Gasteiger partial charge >= 0.3 is 0 Å². The quantitative estimate of drug-likeness (QED) is 0.306. The number of nitrogens with two attached hydrogens (primary N) is 2. The summed E-state index contributed by atoms with van der Waals surface area (Å²) < 4.78 is 22.8. The van der Waals surface area contributed by atoms with E-state index in [-0.39, 0.29) is 12.7 Å². The lowest BCUT2D eigenvalue weighted by atomic mass is 9.98. The summed E-state index contributed by atoms with van der Waals surface area (Å²) in [6.07, 6.45) is 4.18. The highest BCUT2D eigenvalue weighted by Gasteiger charge is 2.17. The molecule has 176 valence electrons. The molecular formula is C25H32N4O4. The van der Waals surface area contributed by atoms with E-state index in [0.29, 0.717) is 25.5 Å². The molecule has 1 aromatic heterocycles. The second kappa shape index (κ2) is 11.9. The minimum Gasteiger partial charge on any atom is -0.493 e. The predicted molar refractivity (Wildman–Crippen MR) is 130 cm³/mol. The van der Waals surface area contributed by atoms with E-state index in [9.17, 15) is 0 Å². The molecule has 0 bridgehead atoms. The number of aromatic nitrogens is 2. The summed E-state index contributed by atoms with van der Waals surface area (Å²) in [6.45, 7) is 5.42. The van der Waals surface area contributed by atoms with Gasteiger partial charge in [-0.15, -0.1) is 0 Å². The van der Waals surface area contributed by atoms with Crippen LogP contribution >= 0.6 is 0 Å². The second-order valence-corrected chi connectivity index (χ2v) is 7.49. The van der Waals surface area contributed by atoms with Crippen LogP contribution < -0.4 is 25.7 Å².